The molecule has 112 valence electrons. The maximum atomic E-state index is 12.0. The number of carbonyl (C=O) groups is 1. The number of hydrogen-bond donors (Lipinski definition) is 1. The van der Waals surface area contributed by atoms with Crippen LogP contribution in [0.2, 0.25) is 0 Å². The molecule has 0 fully saturated rings. The number of benzene rings is 1. The molecule has 1 atom stereocenters. The van der Waals surface area contributed by atoms with Gasteiger partial charge in [0.15, 0.2) is 0 Å². The molecule has 0 aliphatic rings. The SMILES string of the molecule is Cc1ccccc1C(C)CC(=O)NCCn1cnnc1C. The molecule has 1 heterocycles. The van der Waals surface area contributed by atoms with Gasteiger partial charge in [-0.2, -0.15) is 0 Å². The Morgan fingerprint density at radius 2 is 2.10 bits per heavy atom. The zero-order chi connectivity index (χ0) is 15.2. The van der Waals surface area contributed by atoms with Crippen molar-refractivity contribution in [1.29, 1.82) is 0 Å². The number of amides is 1. The smallest absolute Gasteiger partial charge is 0.220 e. The molecule has 0 spiro atoms. The van der Waals surface area contributed by atoms with Gasteiger partial charge in [0.1, 0.15) is 12.2 Å². The highest BCUT2D eigenvalue weighted by molar-refractivity contribution is 5.76. The fraction of sp³-hybridized carbons (Fsp3) is 0.438. The highest BCUT2D eigenvalue weighted by Gasteiger charge is 2.12. The van der Waals surface area contributed by atoms with Gasteiger partial charge in [-0.3, -0.25) is 4.79 Å². The molecule has 0 saturated heterocycles. The molecule has 21 heavy (non-hydrogen) atoms. The molecule has 0 radical (unpaired) electrons. The number of aryl methyl sites for hydroxylation is 2. The van der Waals surface area contributed by atoms with Crippen LogP contribution in [0.15, 0.2) is 30.6 Å². The zero-order valence-corrected chi connectivity index (χ0v) is 12.8. The average Bonchev–Trinajstić information content (AvgIpc) is 2.85. The van der Waals surface area contributed by atoms with E-state index in [0.29, 0.717) is 19.5 Å². The van der Waals surface area contributed by atoms with Crippen LogP contribution >= 0.6 is 0 Å². The number of aromatic nitrogens is 3. The molecule has 0 aliphatic heterocycles. The van der Waals surface area contributed by atoms with E-state index in [9.17, 15) is 4.79 Å². The van der Waals surface area contributed by atoms with Crippen LogP contribution in [0.1, 0.15) is 36.2 Å². The molecule has 1 aromatic carbocycles. The van der Waals surface area contributed by atoms with Gasteiger partial charge in [-0.1, -0.05) is 31.2 Å². The van der Waals surface area contributed by atoms with Crippen molar-refractivity contribution in [2.75, 3.05) is 6.54 Å². The van der Waals surface area contributed by atoms with Crippen molar-refractivity contribution in [1.82, 2.24) is 20.1 Å². The first-order valence-electron chi connectivity index (χ1n) is 7.24. The molecule has 5 heteroatoms. The van der Waals surface area contributed by atoms with Gasteiger partial charge in [0.2, 0.25) is 5.91 Å². The van der Waals surface area contributed by atoms with Gasteiger partial charge in [-0.25, -0.2) is 0 Å². The van der Waals surface area contributed by atoms with E-state index in [1.165, 1.54) is 11.1 Å². The first-order chi connectivity index (χ1) is 10.1. The Morgan fingerprint density at radius 1 is 1.33 bits per heavy atom. The number of rotatable bonds is 6. The van der Waals surface area contributed by atoms with Crippen LogP contribution in [0.3, 0.4) is 0 Å². The number of carbonyl (C=O) groups excluding carboxylic acids is 1. The van der Waals surface area contributed by atoms with Crippen molar-refractivity contribution in [2.24, 2.45) is 0 Å². The summed E-state index contributed by atoms with van der Waals surface area (Å²) >= 11 is 0. The normalized spacial score (nSPS) is 12.1. The van der Waals surface area contributed by atoms with Gasteiger partial charge in [0.05, 0.1) is 0 Å². The summed E-state index contributed by atoms with van der Waals surface area (Å²) in [6.45, 7) is 7.36. The Bertz CT molecular complexity index is 606. The summed E-state index contributed by atoms with van der Waals surface area (Å²) in [4.78, 5) is 12.0. The lowest BCUT2D eigenvalue weighted by molar-refractivity contribution is -0.121. The van der Waals surface area contributed by atoms with Crippen molar-refractivity contribution < 1.29 is 4.79 Å². The van der Waals surface area contributed by atoms with Crippen molar-refractivity contribution in [3.05, 3.63) is 47.5 Å². The molecule has 1 N–H and O–H groups in total. The van der Waals surface area contributed by atoms with Gasteiger partial charge < -0.3 is 9.88 Å². The molecular weight excluding hydrogens is 264 g/mol. The lowest BCUT2D eigenvalue weighted by atomic mass is 9.93. The Hall–Kier alpha value is -2.17. The minimum atomic E-state index is 0.0801. The van der Waals surface area contributed by atoms with Gasteiger partial charge >= 0.3 is 0 Å². The summed E-state index contributed by atoms with van der Waals surface area (Å²) in [5.74, 6) is 1.16. The van der Waals surface area contributed by atoms with E-state index in [2.05, 4.69) is 41.5 Å². The summed E-state index contributed by atoms with van der Waals surface area (Å²) in [5, 5.41) is 10.7. The van der Waals surface area contributed by atoms with Crippen LogP contribution < -0.4 is 5.32 Å². The maximum absolute atomic E-state index is 12.0. The summed E-state index contributed by atoms with van der Waals surface area (Å²) < 4.78 is 1.92. The van der Waals surface area contributed by atoms with E-state index in [1.54, 1.807) is 6.33 Å². The largest absolute Gasteiger partial charge is 0.354 e. The van der Waals surface area contributed by atoms with Crippen LogP contribution in [-0.4, -0.2) is 27.2 Å². The maximum Gasteiger partial charge on any atom is 0.220 e. The van der Waals surface area contributed by atoms with E-state index >= 15 is 0 Å². The molecule has 1 amide bonds. The van der Waals surface area contributed by atoms with E-state index in [0.717, 1.165) is 5.82 Å². The molecule has 1 aromatic heterocycles. The summed E-state index contributed by atoms with van der Waals surface area (Å²) in [7, 11) is 0. The van der Waals surface area contributed by atoms with Crippen LogP contribution in [0.5, 0.6) is 0 Å². The minimum Gasteiger partial charge on any atom is -0.354 e. The number of nitrogens with one attached hydrogen (secondary N) is 1. The molecule has 0 aliphatic carbocycles. The van der Waals surface area contributed by atoms with Crippen molar-refractivity contribution in [2.45, 2.75) is 39.7 Å². The predicted octanol–water partition coefficient (Wildman–Crippen LogP) is 2.20. The zero-order valence-electron chi connectivity index (χ0n) is 12.8. The first kappa shape index (κ1) is 15.2. The van der Waals surface area contributed by atoms with E-state index < -0.39 is 0 Å². The standard InChI is InChI=1S/C16H22N4O/c1-12-6-4-5-7-15(12)13(2)10-16(21)17-8-9-20-11-18-19-14(20)3/h4-7,11,13H,8-10H2,1-3H3,(H,17,21). The Morgan fingerprint density at radius 3 is 2.76 bits per heavy atom. The van der Waals surface area contributed by atoms with E-state index in [1.807, 2.05) is 23.6 Å². The number of hydrogen-bond acceptors (Lipinski definition) is 3. The van der Waals surface area contributed by atoms with Gasteiger partial charge in [0, 0.05) is 19.5 Å². The molecular formula is C16H22N4O. The molecule has 2 rings (SSSR count). The van der Waals surface area contributed by atoms with Gasteiger partial charge in [-0.05, 0) is 30.9 Å². The predicted molar refractivity (Wildman–Crippen MR) is 82.0 cm³/mol. The van der Waals surface area contributed by atoms with Crippen molar-refractivity contribution >= 4 is 5.91 Å². The second-order valence-electron chi connectivity index (χ2n) is 5.38. The van der Waals surface area contributed by atoms with Crippen LogP contribution in [-0.2, 0) is 11.3 Å². The third kappa shape index (κ3) is 4.15. The fourth-order valence-corrected chi connectivity index (χ4v) is 2.45. The van der Waals surface area contributed by atoms with Crippen LogP contribution in [0.25, 0.3) is 0 Å². The summed E-state index contributed by atoms with van der Waals surface area (Å²) in [6, 6.07) is 8.21. The Kier molecular flexibility index (Phi) is 5.09. The third-order valence-corrected chi connectivity index (χ3v) is 3.69. The highest BCUT2D eigenvalue weighted by atomic mass is 16.1. The van der Waals surface area contributed by atoms with Crippen LogP contribution in [0.4, 0.5) is 0 Å². The molecule has 5 nitrogen and oxygen atoms in total. The second-order valence-corrected chi connectivity index (χ2v) is 5.38. The summed E-state index contributed by atoms with van der Waals surface area (Å²) in [6.07, 6.45) is 2.18. The van der Waals surface area contributed by atoms with Crippen molar-refractivity contribution in [3.8, 4) is 0 Å². The number of nitrogens with zero attached hydrogens (tertiary/aromatic N) is 3. The lowest BCUT2D eigenvalue weighted by Crippen LogP contribution is -2.28. The van der Waals surface area contributed by atoms with Gasteiger partial charge in [-0.15, -0.1) is 10.2 Å². The first-order valence-corrected chi connectivity index (χ1v) is 7.24. The fourth-order valence-electron chi connectivity index (χ4n) is 2.45. The molecule has 2 aromatic rings. The highest BCUT2D eigenvalue weighted by Crippen LogP contribution is 2.21. The molecule has 0 saturated carbocycles. The lowest BCUT2D eigenvalue weighted by Gasteiger charge is -2.14. The molecule has 0 bridgehead atoms. The minimum absolute atomic E-state index is 0.0801. The quantitative estimate of drug-likeness (QED) is 0.885. The topological polar surface area (TPSA) is 59.8 Å². The van der Waals surface area contributed by atoms with E-state index in [-0.39, 0.29) is 11.8 Å². The Balaban J connectivity index is 1.79. The Labute approximate surface area is 125 Å². The third-order valence-electron chi connectivity index (χ3n) is 3.69. The second kappa shape index (κ2) is 7.02. The average molecular weight is 286 g/mol. The monoisotopic (exact) mass is 286 g/mol. The van der Waals surface area contributed by atoms with Crippen molar-refractivity contribution in [3.63, 3.8) is 0 Å². The molecule has 1 unspecified atom stereocenters. The van der Waals surface area contributed by atoms with Crippen LogP contribution in [0, 0.1) is 13.8 Å². The van der Waals surface area contributed by atoms with E-state index in [4.69, 9.17) is 0 Å². The van der Waals surface area contributed by atoms with Gasteiger partial charge in [0.25, 0.3) is 0 Å². The summed E-state index contributed by atoms with van der Waals surface area (Å²) in [5.41, 5.74) is 2.47.